The molecule has 0 aromatic heterocycles. The Kier molecular flexibility index (Phi) is 5.68. The second-order valence-electron chi connectivity index (χ2n) is 5.78. The summed E-state index contributed by atoms with van der Waals surface area (Å²) in [5.74, 6) is 0.364. The molecule has 0 atom stereocenters. The molecule has 0 saturated heterocycles. The molecule has 0 saturated carbocycles. The van der Waals surface area contributed by atoms with Gasteiger partial charge in [-0.1, -0.05) is 27.7 Å². The Labute approximate surface area is 137 Å². The van der Waals surface area contributed by atoms with E-state index < -0.39 is 10.0 Å². The van der Waals surface area contributed by atoms with E-state index in [4.69, 9.17) is 5.73 Å². The van der Waals surface area contributed by atoms with E-state index in [1.54, 1.807) is 12.1 Å². The Bertz CT molecular complexity index is 575. The standard InChI is InChI=1S/C13H20Br2N2O2S/c1-8(2)13(3,4)7-17-20(18,19)12-10(14)5-9(16)6-11(12)15/h5-6,8,17H,7,16H2,1-4H3. The lowest BCUT2D eigenvalue weighted by Crippen LogP contribution is -2.37. The van der Waals surface area contributed by atoms with Gasteiger partial charge in [0.1, 0.15) is 4.90 Å². The van der Waals surface area contributed by atoms with Crippen molar-refractivity contribution < 1.29 is 8.42 Å². The maximum absolute atomic E-state index is 12.4. The first-order valence-corrected chi connectivity index (χ1v) is 9.28. The Morgan fingerprint density at radius 3 is 2.10 bits per heavy atom. The molecule has 0 aliphatic rings. The van der Waals surface area contributed by atoms with E-state index in [1.807, 2.05) is 13.8 Å². The zero-order valence-corrected chi connectivity index (χ0v) is 16.0. The lowest BCUT2D eigenvalue weighted by atomic mass is 9.81. The summed E-state index contributed by atoms with van der Waals surface area (Å²) in [6.45, 7) is 8.59. The summed E-state index contributed by atoms with van der Waals surface area (Å²) in [5, 5.41) is 0. The Morgan fingerprint density at radius 2 is 1.70 bits per heavy atom. The minimum absolute atomic E-state index is 0.125. The lowest BCUT2D eigenvalue weighted by molar-refractivity contribution is 0.252. The molecule has 3 N–H and O–H groups in total. The number of anilines is 1. The molecule has 0 fully saturated rings. The second kappa shape index (κ2) is 6.34. The third kappa shape index (κ3) is 4.19. The van der Waals surface area contributed by atoms with E-state index in [2.05, 4.69) is 50.4 Å². The molecule has 1 aromatic rings. The van der Waals surface area contributed by atoms with Crippen molar-refractivity contribution in [2.24, 2.45) is 11.3 Å². The molecule has 0 heterocycles. The lowest BCUT2D eigenvalue weighted by Gasteiger charge is -2.29. The Balaban J connectivity index is 3.08. The predicted octanol–water partition coefficient (Wildman–Crippen LogP) is 3.75. The van der Waals surface area contributed by atoms with Gasteiger partial charge in [-0.05, 0) is 55.3 Å². The van der Waals surface area contributed by atoms with Crippen molar-refractivity contribution in [2.75, 3.05) is 12.3 Å². The van der Waals surface area contributed by atoms with Gasteiger partial charge in [-0.15, -0.1) is 0 Å². The van der Waals surface area contributed by atoms with Crippen LogP contribution in [0, 0.1) is 11.3 Å². The van der Waals surface area contributed by atoms with Crippen molar-refractivity contribution in [3.63, 3.8) is 0 Å². The van der Waals surface area contributed by atoms with Gasteiger partial charge in [0.15, 0.2) is 0 Å². The number of nitrogens with two attached hydrogens (primary N) is 1. The van der Waals surface area contributed by atoms with E-state index in [9.17, 15) is 8.42 Å². The molecule has 0 aliphatic carbocycles. The van der Waals surface area contributed by atoms with Gasteiger partial charge in [-0.25, -0.2) is 13.1 Å². The molecule has 0 radical (unpaired) electrons. The highest BCUT2D eigenvalue weighted by Crippen LogP contribution is 2.33. The number of hydrogen-bond acceptors (Lipinski definition) is 3. The van der Waals surface area contributed by atoms with Crippen molar-refractivity contribution in [3.05, 3.63) is 21.1 Å². The molecule has 4 nitrogen and oxygen atoms in total. The average Bonchev–Trinajstić information content (AvgIpc) is 2.24. The highest BCUT2D eigenvalue weighted by molar-refractivity contribution is 9.11. The highest BCUT2D eigenvalue weighted by atomic mass is 79.9. The fourth-order valence-corrected chi connectivity index (χ4v) is 5.23. The molecule has 20 heavy (non-hydrogen) atoms. The van der Waals surface area contributed by atoms with E-state index in [-0.39, 0.29) is 10.3 Å². The fourth-order valence-electron chi connectivity index (χ4n) is 1.39. The number of sulfonamides is 1. The van der Waals surface area contributed by atoms with E-state index >= 15 is 0 Å². The SMILES string of the molecule is CC(C)C(C)(C)CNS(=O)(=O)c1c(Br)cc(N)cc1Br. The molecular formula is C13H20Br2N2O2S. The van der Waals surface area contributed by atoms with Gasteiger partial charge in [0.2, 0.25) is 10.0 Å². The Morgan fingerprint density at radius 1 is 1.25 bits per heavy atom. The topological polar surface area (TPSA) is 72.2 Å². The Hall–Kier alpha value is -0.110. The maximum Gasteiger partial charge on any atom is 0.242 e. The summed E-state index contributed by atoms with van der Waals surface area (Å²) in [6.07, 6.45) is 0. The van der Waals surface area contributed by atoms with Gasteiger partial charge >= 0.3 is 0 Å². The smallest absolute Gasteiger partial charge is 0.242 e. The minimum Gasteiger partial charge on any atom is -0.399 e. The summed E-state index contributed by atoms with van der Waals surface area (Å²) in [5.41, 5.74) is 6.05. The van der Waals surface area contributed by atoms with Crippen molar-refractivity contribution in [3.8, 4) is 0 Å². The molecule has 1 rings (SSSR count). The van der Waals surface area contributed by atoms with Gasteiger partial charge in [0, 0.05) is 21.2 Å². The molecule has 7 heteroatoms. The van der Waals surface area contributed by atoms with Gasteiger partial charge < -0.3 is 5.73 Å². The first-order valence-electron chi connectivity index (χ1n) is 6.21. The molecule has 0 unspecified atom stereocenters. The van der Waals surface area contributed by atoms with Gasteiger partial charge in [-0.2, -0.15) is 0 Å². The highest BCUT2D eigenvalue weighted by Gasteiger charge is 2.27. The van der Waals surface area contributed by atoms with E-state index in [0.29, 0.717) is 27.1 Å². The summed E-state index contributed by atoms with van der Waals surface area (Å²) < 4.78 is 28.4. The van der Waals surface area contributed by atoms with Crippen LogP contribution >= 0.6 is 31.9 Å². The summed E-state index contributed by atoms with van der Waals surface area (Å²) in [7, 11) is -3.60. The van der Waals surface area contributed by atoms with Crippen LogP contribution in [0.3, 0.4) is 0 Å². The molecule has 0 amide bonds. The zero-order valence-electron chi connectivity index (χ0n) is 12.0. The molecular weight excluding hydrogens is 408 g/mol. The quantitative estimate of drug-likeness (QED) is 0.702. The van der Waals surface area contributed by atoms with Crippen molar-refractivity contribution in [2.45, 2.75) is 32.6 Å². The van der Waals surface area contributed by atoms with Crippen LogP contribution < -0.4 is 10.5 Å². The van der Waals surface area contributed by atoms with Crippen molar-refractivity contribution in [1.29, 1.82) is 0 Å². The van der Waals surface area contributed by atoms with Crippen LogP contribution in [0.1, 0.15) is 27.7 Å². The van der Waals surface area contributed by atoms with Crippen LogP contribution in [-0.2, 0) is 10.0 Å². The van der Waals surface area contributed by atoms with Crippen molar-refractivity contribution >= 4 is 47.6 Å². The number of halogens is 2. The van der Waals surface area contributed by atoms with Gasteiger partial charge in [0.25, 0.3) is 0 Å². The maximum atomic E-state index is 12.4. The molecule has 0 bridgehead atoms. The van der Waals surface area contributed by atoms with E-state index in [0.717, 1.165) is 0 Å². The average molecular weight is 428 g/mol. The number of benzene rings is 1. The van der Waals surface area contributed by atoms with Crippen LogP contribution in [0.15, 0.2) is 26.0 Å². The molecule has 114 valence electrons. The van der Waals surface area contributed by atoms with Crippen LogP contribution in [0.2, 0.25) is 0 Å². The first kappa shape index (κ1) is 17.9. The number of rotatable bonds is 5. The monoisotopic (exact) mass is 426 g/mol. The van der Waals surface area contributed by atoms with Gasteiger partial charge in [0.05, 0.1) is 0 Å². The number of nitrogens with one attached hydrogen (secondary N) is 1. The summed E-state index contributed by atoms with van der Waals surface area (Å²) >= 11 is 6.51. The molecule has 0 spiro atoms. The zero-order chi connectivity index (χ0) is 15.7. The largest absolute Gasteiger partial charge is 0.399 e. The van der Waals surface area contributed by atoms with Crippen LogP contribution in [0.4, 0.5) is 5.69 Å². The van der Waals surface area contributed by atoms with Crippen LogP contribution in [0.25, 0.3) is 0 Å². The molecule has 0 aliphatic heterocycles. The normalized spacial score (nSPS) is 12.9. The molecule has 1 aromatic carbocycles. The first-order chi connectivity index (χ1) is 8.97. The predicted molar refractivity (Wildman–Crippen MR) is 90.1 cm³/mol. The third-order valence-corrected chi connectivity index (χ3v) is 6.85. The number of hydrogen-bond donors (Lipinski definition) is 2. The second-order valence-corrected chi connectivity index (χ2v) is 9.19. The summed E-state index contributed by atoms with van der Waals surface area (Å²) in [4.78, 5) is 0.172. The third-order valence-electron chi connectivity index (χ3n) is 3.57. The van der Waals surface area contributed by atoms with E-state index in [1.165, 1.54) is 0 Å². The van der Waals surface area contributed by atoms with Gasteiger partial charge in [-0.3, -0.25) is 0 Å². The number of nitrogen functional groups attached to an aromatic ring is 1. The van der Waals surface area contributed by atoms with Crippen molar-refractivity contribution in [1.82, 2.24) is 4.72 Å². The van der Waals surface area contributed by atoms with Crippen LogP contribution in [0.5, 0.6) is 0 Å². The minimum atomic E-state index is -3.60. The summed E-state index contributed by atoms with van der Waals surface area (Å²) in [6, 6.07) is 3.15. The fraction of sp³-hybridized carbons (Fsp3) is 0.538. The van der Waals surface area contributed by atoms with Crippen LogP contribution in [-0.4, -0.2) is 15.0 Å².